The SMILES string of the molecule is Cc1[nH]c2ccccc2c1CCN=C(N)Nc1ccc(OC(F)(F)F)cc1.I. The van der Waals surface area contributed by atoms with Crippen LogP contribution in [0.4, 0.5) is 18.9 Å². The monoisotopic (exact) mass is 504 g/mol. The molecule has 0 amide bonds. The molecule has 0 fully saturated rings. The standard InChI is InChI=1S/C19H19F3N4O.HI/c1-12-15(16-4-2-3-5-17(16)25-12)10-11-24-18(23)26-13-6-8-14(9-7-13)27-19(20,21)22;/h2-9,25H,10-11H2,1H3,(H3,23,24,26);1H. The Kier molecular flexibility index (Phi) is 7.17. The Morgan fingerprint density at radius 1 is 1.14 bits per heavy atom. The summed E-state index contributed by atoms with van der Waals surface area (Å²) in [5.74, 6) is -0.102. The molecular formula is C19H20F3IN4O. The minimum atomic E-state index is -4.71. The van der Waals surface area contributed by atoms with Gasteiger partial charge in [-0.05, 0) is 49.2 Å². The molecule has 0 atom stereocenters. The molecule has 1 aromatic heterocycles. The fourth-order valence-electron chi connectivity index (χ4n) is 2.87. The molecule has 28 heavy (non-hydrogen) atoms. The van der Waals surface area contributed by atoms with Gasteiger partial charge < -0.3 is 20.8 Å². The van der Waals surface area contributed by atoms with Crippen LogP contribution in [-0.2, 0) is 6.42 Å². The molecule has 4 N–H and O–H groups in total. The summed E-state index contributed by atoms with van der Waals surface area (Å²) in [5, 5.41) is 4.01. The van der Waals surface area contributed by atoms with E-state index in [4.69, 9.17) is 5.73 Å². The van der Waals surface area contributed by atoms with Crippen LogP contribution in [0.2, 0.25) is 0 Å². The Labute approximate surface area is 177 Å². The number of ether oxygens (including phenoxy) is 1. The Morgan fingerprint density at radius 2 is 1.82 bits per heavy atom. The molecule has 3 rings (SSSR count). The quantitative estimate of drug-likeness (QED) is 0.261. The maximum absolute atomic E-state index is 12.2. The lowest BCUT2D eigenvalue weighted by Gasteiger charge is -2.10. The number of anilines is 1. The number of aromatic nitrogens is 1. The van der Waals surface area contributed by atoms with Gasteiger partial charge in [0.25, 0.3) is 0 Å². The first kappa shape index (κ1) is 21.9. The third-order valence-corrected chi connectivity index (χ3v) is 4.03. The fraction of sp³-hybridized carbons (Fsp3) is 0.211. The van der Waals surface area contributed by atoms with Crippen LogP contribution >= 0.6 is 24.0 Å². The number of nitrogens with two attached hydrogens (primary N) is 1. The van der Waals surface area contributed by atoms with Crippen molar-refractivity contribution in [3.05, 3.63) is 59.8 Å². The third-order valence-electron chi connectivity index (χ3n) is 4.03. The average Bonchev–Trinajstić information content (AvgIpc) is 2.91. The number of guanidine groups is 1. The highest BCUT2D eigenvalue weighted by atomic mass is 127. The Hall–Kier alpha value is -2.43. The number of nitrogens with zero attached hydrogens (tertiary/aromatic N) is 1. The van der Waals surface area contributed by atoms with Gasteiger partial charge in [0.15, 0.2) is 5.96 Å². The molecule has 0 saturated carbocycles. The molecule has 2 aromatic carbocycles. The minimum absolute atomic E-state index is 0. The summed E-state index contributed by atoms with van der Waals surface area (Å²) in [5.41, 5.74) is 9.75. The number of hydrogen-bond acceptors (Lipinski definition) is 2. The van der Waals surface area contributed by atoms with Crippen molar-refractivity contribution in [3.63, 3.8) is 0 Å². The third kappa shape index (κ3) is 5.78. The lowest BCUT2D eigenvalue weighted by Crippen LogP contribution is -2.23. The van der Waals surface area contributed by atoms with Gasteiger partial charge in [-0.3, -0.25) is 4.99 Å². The number of alkyl halides is 3. The molecule has 0 radical (unpaired) electrons. The fourth-order valence-corrected chi connectivity index (χ4v) is 2.87. The minimum Gasteiger partial charge on any atom is -0.406 e. The highest BCUT2D eigenvalue weighted by Crippen LogP contribution is 2.24. The van der Waals surface area contributed by atoms with E-state index in [1.807, 2.05) is 25.1 Å². The van der Waals surface area contributed by atoms with Gasteiger partial charge in [-0.25, -0.2) is 0 Å². The molecule has 150 valence electrons. The second kappa shape index (κ2) is 9.18. The predicted octanol–water partition coefficient (Wildman–Crippen LogP) is 4.96. The summed E-state index contributed by atoms with van der Waals surface area (Å²) < 4.78 is 40.3. The Bertz CT molecular complexity index is 952. The zero-order valence-electron chi connectivity index (χ0n) is 15.0. The van der Waals surface area contributed by atoms with Crippen LogP contribution in [0.25, 0.3) is 10.9 Å². The van der Waals surface area contributed by atoms with E-state index in [1.54, 1.807) is 0 Å². The van der Waals surface area contributed by atoms with Crippen molar-refractivity contribution in [2.45, 2.75) is 19.7 Å². The van der Waals surface area contributed by atoms with Gasteiger partial charge in [0.1, 0.15) is 5.75 Å². The first-order valence-corrected chi connectivity index (χ1v) is 8.31. The van der Waals surface area contributed by atoms with Crippen molar-refractivity contribution >= 4 is 46.5 Å². The molecule has 0 unspecified atom stereocenters. The van der Waals surface area contributed by atoms with E-state index in [2.05, 4.69) is 26.1 Å². The van der Waals surface area contributed by atoms with Crippen LogP contribution in [-0.4, -0.2) is 23.9 Å². The topological polar surface area (TPSA) is 75.4 Å². The largest absolute Gasteiger partial charge is 0.573 e. The van der Waals surface area contributed by atoms with E-state index in [9.17, 15) is 13.2 Å². The molecule has 9 heteroatoms. The molecule has 0 aliphatic rings. The van der Waals surface area contributed by atoms with Gasteiger partial charge in [-0.2, -0.15) is 0 Å². The molecule has 0 spiro atoms. The lowest BCUT2D eigenvalue weighted by atomic mass is 10.1. The van der Waals surface area contributed by atoms with Crippen molar-refractivity contribution < 1.29 is 17.9 Å². The zero-order chi connectivity index (χ0) is 19.4. The summed E-state index contributed by atoms with van der Waals surface area (Å²) in [6, 6.07) is 13.3. The zero-order valence-corrected chi connectivity index (χ0v) is 17.3. The predicted molar refractivity (Wildman–Crippen MR) is 115 cm³/mol. The van der Waals surface area contributed by atoms with Gasteiger partial charge in [-0.15, -0.1) is 37.1 Å². The maximum Gasteiger partial charge on any atom is 0.573 e. The second-order valence-electron chi connectivity index (χ2n) is 5.99. The summed E-state index contributed by atoms with van der Waals surface area (Å²) in [4.78, 5) is 7.62. The van der Waals surface area contributed by atoms with Crippen LogP contribution in [0.1, 0.15) is 11.3 Å². The summed E-state index contributed by atoms with van der Waals surface area (Å²) in [6.07, 6.45) is -3.99. The lowest BCUT2D eigenvalue weighted by molar-refractivity contribution is -0.274. The number of aromatic amines is 1. The van der Waals surface area contributed by atoms with Gasteiger partial charge in [-0.1, -0.05) is 18.2 Å². The van der Waals surface area contributed by atoms with Gasteiger partial charge in [0.05, 0.1) is 0 Å². The van der Waals surface area contributed by atoms with Crippen LogP contribution < -0.4 is 15.8 Å². The van der Waals surface area contributed by atoms with Crippen molar-refractivity contribution in [1.29, 1.82) is 0 Å². The molecule has 1 heterocycles. The molecule has 5 nitrogen and oxygen atoms in total. The van der Waals surface area contributed by atoms with Gasteiger partial charge >= 0.3 is 6.36 Å². The van der Waals surface area contributed by atoms with E-state index in [-0.39, 0.29) is 35.7 Å². The van der Waals surface area contributed by atoms with E-state index in [0.717, 1.165) is 23.0 Å². The number of nitrogens with one attached hydrogen (secondary N) is 2. The first-order chi connectivity index (χ1) is 12.8. The number of fused-ring (bicyclic) bond motifs is 1. The van der Waals surface area contributed by atoms with Crippen LogP contribution in [0.5, 0.6) is 5.75 Å². The number of para-hydroxylation sites is 1. The smallest absolute Gasteiger partial charge is 0.406 e. The Balaban J connectivity index is 0.00000280. The van der Waals surface area contributed by atoms with Crippen molar-refractivity contribution in [3.8, 4) is 5.75 Å². The first-order valence-electron chi connectivity index (χ1n) is 8.31. The summed E-state index contributed by atoms with van der Waals surface area (Å²) in [6.45, 7) is 2.50. The summed E-state index contributed by atoms with van der Waals surface area (Å²) in [7, 11) is 0. The van der Waals surface area contributed by atoms with E-state index in [1.165, 1.54) is 29.8 Å². The van der Waals surface area contributed by atoms with Gasteiger partial charge in [0, 0.05) is 28.8 Å². The molecule has 0 aliphatic heterocycles. The number of aliphatic imine (C=N–C) groups is 1. The normalized spacial score (nSPS) is 11.9. The molecule has 3 aromatic rings. The second-order valence-corrected chi connectivity index (χ2v) is 5.99. The van der Waals surface area contributed by atoms with E-state index >= 15 is 0 Å². The number of aryl methyl sites for hydroxylation is 1. The highest BCUT2D eigenvalue weighted by Gasteiger charge is 2.30. The van der Waals surface area contributed by atoms with Crippen LogP contribution in [0.15, 0.2) is 53.5 Å². The number of benzene rings is 2. The van der Waals surface area contributed by atoms with E-state index < -0.39 is 6.36 Å². The Morgan fingerprint density at radius 3 is 2.50 bits per heavy atom. The van der Waals surface area contributed by atoms with Gasteiger partial charge in [0.2, 0.25) is 0 Å². The molecule has 0 aliphatic carbocycles. The number of H-pyrrole nitrogens is 1. The number of hydrogen-bond donors (Lipinski definition) is 3. The number of rotatable bonds is 5. The van der Waals surface area contributed by atoms with E-state index in [0.29, 0.717) is 12.2 Å². The van der Waals surface area contributed by atoms with Crippen LogP contribution in [0.3, 0.4) is 0 Å². The summed E-state index contributed by atoms with van der Waals surface area (Å²) >= 11 is 0. The van der Waals surface area contributed by atoms with Crippen molar-refractivity contribution in [2.75, 3.05) is 11.9 Å². The van der Waals surface area contributed by atoms with Crippen LogP contribution in [0, 0.1) is 6.92 Å². The number of halogens is 4. The maximum atomic E-state index is 12.2. The van der Waals surface area contributed by atoms with Crippen molar-refractivity contribution in [1.82, 2.24) is 4.98 Å². The van der Waals surface area contributed by atoms with Crippen molar-refractivity contribution in [2.24, 2.45) is 10.7 Å². The molecule has 0 saturated heterocycles. The molecular weight excluding hydrogens is 484 g/mol. The highest BCUT2D eigenvalue weighted by molar-refractivity contribution is 14.0. The molecule has 0 bridgehead atoms. The average molecular weight is 504 g/mol.